The Bertz CT molecular complexity index is 1180. The number of anilines is 1. The van der Waals surface area contributed by atoms with Gasteiger partial charge < -0.3 is 4.74 Å². The number of hydrogen-bond donors (Lipinski definition) is 0. The number of amides is 1. The van der Waals surface area contributed by atoms with Crippen LogP contribution in [0, 0.1) is 5.92 Å². The highest BCUT2D eigenvalue weighted by atomic mass is 16.6. The Morgan fingerprint density at radius 2 is 1.70 bits per heavy atom. The Balaban J connectivity index is 1.57. The minimum Gasteiger partial charge on any atom is -0.447 e. The summed E-state index contributed by atoms with van der Waals surface area (Å²) in [6, 6.07) is 23.9. The Morgan fingerprint density at radius 1 is 0.970 bits per heavy atom. The van der Waals surface area contributed by atoms with Gasteiger partial charge in [-0.05, 0) is 57.6 Å². The van der Waals surface area contributed by atoms with Gasteiger partial charge in [-0.25, -0.2) is 4.79 Å². The molecule has 1 amide bonds. The van der Waals surface area contributed by atoms with E-state index in [4.69, 9.17) is 4.74 Å². The number of carbonyl (C=O) groups excluding carboxylic acids is 1. The summed E-state index contributed by atoms with van der Waals surface area (Å²) < 4.78 is 5.59. The van der Waals surface area contributed by atoms with Gasteiger partial charge in [0.25, 0.3) is 0 Å². The lowest BCUT2D eigenvalue weighted by Gasteiger charge is -2.30. The first-order chi connectivity index (χ1) is 15.9. The van der Waals surface area contributed by atoms with Gasteiger partial charge in [0.05, 0.1) is 11.7 Å². The fraction of sp³-hybridized carbons (Fsp3) is 0.367. The predicted octanol–water partition coefficient (Wildman–Crippen LogP) is 7.15. The number of nitrogens with zero attached hydrogens (tertiary/aromatic N) is 1. The summed E-state index contributed by atoms with van der Waals surface area (Å²) in [5, 5.41) is 0. The Morgan fingerprint density at radius 3 is 2.45 bits per heavy atom. The minimum absolute atomic E-state index is 0.0451. The molecule has 0 unspecified atom stereocenters. The third kappa shape index (κ3) is 3.84. The number of rotatable bonds is 6. The van der Waals surface area contributed by atoms with Gasteiger partial charge in [-0.15, -0.1) is 0 Å². The molecule has 3 aromatic rings. The average Bonchev–Trinajstić information content (AvgIpc) is 3.38. The van der Waals surface area contributed by atoms with Gasteiger partial charge in [-0.2, -0.15) is 0 Å². The van der Waals surface area contributed by atoms with Gasteiger partial charge in [-0.1, -0.05) is 94.4 Å². The van der Waals surface area contributed by atoms with Crippen LogP contribution < -0.4 is 4.90 Å². The van der Waals surface area contributed by atoms with Crippen LogP contribution in [0.3, 0.4) is 0 Å². The molecule has 1 fully saturated rings. The second-order valence-electron chi connectivity index (χ2n) is 10.4. The lowest BCUT2D eigenvalue weighted by atomic mass is 9.79. The van der Waals surface area contributed by atoms with Crippen molar-refractivity contribution in [2.45, 2.75) is 58.4 Å². The highest BCUT2D eigenvalue weighted by Crippen LogP contribution is 2.45. The quantitative estimate of drug-likeness (QED) is 0.319. The normalized spacial score (nSPS) is 17.3. The molecular weight excluding hydrogens is 406 g/mol. The zero-order chi connectivity index (χ0) is 23.2. The van der Waals surface area contributed by atoms with Crippen LogP contribution in [0.4, 0.5) is 10.5 Å². The van der Waals surface area contributed by atoms with Gasteiger partial charge in [0.1, 0.15) is 6.61 Å². The number of aryl methyl sites for hydroxylation is 1. The van der Waals surface area contributed by atoms with Crippen molar-refractivity contribution >= 4 is 11.8 Å². The van der Waals surface area contributed by atoms with E-state index in [2.05, 4.69) is 94.4 Å². The van der Waals surface area contributed by atoms with Crippen LogP contribution in [0.2, 0.25) is 0 Å². The molecule has 1 aliphatic heterocycles. The first-order valence-electron chi connectivity index (χ1n) is 12.1. The second-order valence-corrected chi connectivity index (χ2v) is 10.4. The maximum Gasteiger partial charge on any atom is 0.414 e. The SMILES string of the molecule is CC(C)[C@H]1COC(=O)N1c1c(CCC(C)(C)c2ccccc2)ccc2c1Cc1ccccc1-2. The van der Waals surface area contributed by atoms with Crippen LogP contribution in [0.5, 0.6) is 0 Å². The largest absolute Gasteiger partial charge is 0.447 e. The van der Waals surface area contributed by atoms with E-state index in [1.165, 1.54) is 33.4 Å². The van der Waals surface area contributed by atoms with Crippen molar-refractivity contribution in [2.24, 2.45) is 5.92 Å². The summed E-state index contributed by atoms with van der Waals surface area (Å²) in [6.07, 6.45) is 2.58. The number of carbonyl (C=O) groups is 1. The smallest absolute Gasteiger partial charge is 0.414 e. The maximum atomic E-state index is 13.0. The standard InChI is InChI=1S/C30H33NO2/c1-20(2)27-19-33-29(32)31(27)28-21(16-17-30(3,4)23-11-6-5-7-12-23)14-15-25-24-13-9-8-10-22(24)18-26(25)28/h5-15,20,27H,16-19H2,1-4H3/t27-/m1/s1. The predicted molar refractivity (Wildman–Crippen MR) is 135 cm³/mol. The van der Waals surface area contributed by atoms with E-state index in [0.717, 1.165) is 24.9 Å². The zero-order valence-corrected chi connectivity index (χ0v) is 20.1. The lowest BCUT2D eigenvalue weighted by Crippen LogP contribution is -2.38. The van der Waals surface area contributed by atoms with Crippen molar-refractivity contribution in [1.29, 1.82) is 0 Å². The molecule has 3 aromatic carbocycles. The molecule has 1 aliphatic carbocycles. The molecule has 0 spiro atoms. The van der Waals surface area contributed by atoms with E-state index in [1.54, 1.807) is 0 Å². The molecule has 1 heterocycles. The zero-order valence-electron chi connectivity index (χ0n) is 20.1. The average molecular weight is 440 g/mol. The third-order valence-corrected chi connectivity index (χ3v) is 7.53. The molecule has 33 heavy (non-hydrogen) atoms. The number of fused-ring (bicyclic) bond motifs is 3. The summed E-state index contributed by atoms with van der Waals surface area (Å²) >= 11 is 0. The molecule has 1 saturated heterocycles. The minimum atomic E-state index is -0.207. The molecule has 0 N–H and O–H groups in total. The second kappa shape index (κ2) is 8.37. The summed E-state index contributed by atoms with van der Waals surface area (Å²) in [4.78, 5) is 15.0. The van der Waals surface area contributed by atoms with Crippen molar-refractivity contribution in [1.82, 2.24) is 0 Å². The highest BCUT2D eigenvalue weighted by Gasteiger charge is 2.40. The molecule has 3 nitrogen and oxygen atoms in total. The molecule has 0 aromatic heterocycles. The van der Waals surface area contributed by atoms with E-state index in [9.17, 15) is 4.79 Å². The molecule has 170 valence electrons. The Hall–Kier alpha value is -3.07. The molecule has 1 atom stereocenters. The Kier molecular flexibility index (Phi) is 5.52. The number of ether oxygens (including phenoxy) is 1. The fourth-order valence-electron chi connectivity index (χ4n) is 5.41. The summed E-state index contributed by atoms with van der Waals surface area (Å²) in [6.45, 7) is 9.44. The van der Waals surface area contributed by atoms with Crippen molar-refractivity contribution in [3.63, 3.8) is 0 Å². The van der Waals surface area contributed by atoms with E-state index in [1.807, 2.05) is 4.90 Å². The van der Waals surface area contributed by atoms with Crippen LogP contribution in [0.15, 0.2) is 66.7 Å². The molecule has 0 bridgehead atoms. The third-order valence-electron chi connectivity index (χ3n) is 7.53. The first kappa shape index (κ1) is 21.8. The summed E-state index contributed by atoms with van der Waals surface area (Å²) in [5.41, 5.74) is 8.89. The first-order valence-corrected chi connectivity index (χ1v) is 12.1. The van der Waals surface area contributed by atoms with E-state index in [-0.39, 0.29) is 17.6 Å². The van der Waals surface area contributed by atoms with Crippen LogP contribution in [-0.4, -0.2) is 18.7 Å². The molecule has 5 rings (SSSR count). The molecule has 2 aliphatic rings. The van der Waals surface area contributed by atoms with E-state index < -0.39 is 0 Å². The van der Waals surface area contributed by atoms with Gasteiger partial charge in [0.2, 0.25) is 0 Å². The van der Waals surface area contributed by atoms with E-state index >= 15 is 0 Å². The molecule has 3 heteroatoms. The summed E-state index contributed by atoms with van der Waals surface area (Å²) in [7, 11) is 0. The summed E-state index contributed by atoms with van der Waals surface area (Å²) in [5.74, 6) is 0.324. The topological polar surface area (TPSA) is 29.5 Å². The fourth-order valence-corrected chi connectivity index (χ4v) is 5.41. The maximum absolute atomic E-state index is 13.0. The van der Waals surface area contributed by atoms with Crippen molar-refractivity contribution in [3.8, 4) is 11.1 Å². The van der Waals surface area contributed by atoms with Gasteiger partial charge in [0, 0.05) is 6.42 Å². The number of benzene rings is 3. The Labute approximate surface area is 197 Å². The molecule has 0 radical (unpaired) electrons. The molecular formula is C30H33NO2. The van der Waals surface area contributed by atoms with Crippen LogP contribution in [0.25, 0.3) is 11.1 Å². The van der Waals surface area contributed by atoms with Crippen molar-refractivity contribution in [3.05, 3.63) is 89.0 Å². The van der Waals surface area contributed by atoms with Crippen LogP contribution in [0.1, 0.15) is 56.4 Å². The monoisotopic (exact) mass is 439 g/mol. The van der Waals surface area contributed by atoms with Gasteiger partial charge in [0.15, 0.2) is 0 Å². The van der Waals surface area contributed by atoms with Crippen molar-refractivity contribution < 1.29 is 9.53 Å². The van der Waals surface area contributed by atoms with Crippen LogP contribution in [-0.2, 0) is 23.0 Å². The molecule has 0 saturated carbocycles. The number of hydrogen-bond acceptors (Lipinski definition) is 2. The van der Waals surface area contributed by atoms with Gasteiger partial charge >= 0.3 is 6.09 Å². The highest BCUT2D eigenvalue weighted by molar-refractivity contribution is 5.96. The van der Waals surface area contributed by atoms with E-state index in [0.29, 0.717) is 12.5 Å². The van der Waals surface area contributed by atoms with Gasteiger partial charge in [-0.3, -0.25) is 4.90 Å². The number of cyclic esters (lactones) is 1. The lowest BCUT2D eigenvalue weighted by molar-refractivity contribution is 0.177. The van der Waals surface area contributed by atoms with Crippen LogP contribution >= 0.6 is 0 Å². The van der Waals surface area contributed by atoms with Crippen molar-refractivity contribution in [2.75, 3.05) is 11.5 Å².